The molecule has 4 aliphatic carbocycles. The van der Waals surface area contributed by atoms with E-state index < -0.39 is 40.7 Å². The maximum atomic E-state index is 14.2. The first-order valence-corrected chi connectivity index (χ1v) is 14.2. The number of aliphatic hydroxyl groups is 1. The number of hydrogen-bond acceptors (Lipinski definition) is 7. The highest BCUT2D eigenvalue weighted by Crippen LogP contribution is 2.69. The smallest absolute Gasteiger partial charge is 0.205 e. The Morgan fingerprint density at radius 2 is 2.10 bits per heavy atom. The van der Waals surface area contributed by atoms with Gasteiger partial charge in [0.15, 0.2) is 17.7 Å². The van der Waals surface area contributed by atoms with Gasteiger partial charge in [-0.05, 0) is 68.2 Å². The van der Waals surface area contributed by atoms with Gasteiger partial charge in [-0.25, -0.2) is 4.39 Å². The number of ketones is 2. The lowest BCUT2D eigenvalue weighted by Gasteiger charge is -2.59. The molecule has 0 amide bonds. The van der Waals surface area contributed by atoms with Gasteiger partial charge >= 0.3 is 0 Å². The maximum absolute atomic E-state index is 14.2. The average molecular weight is 540 g/mol. The fourth-order valence-corrected chi connectivity index (χ4v) is 8.86. The number of aliphatic hydroxyl groups excluding tert-OH is 1. The number of carbonyl (C=O) groups is 2. The summed E-state index contributed by atoms with van der Waals surface area (Å²) in [6, 6.07) is 4.12. The SMILES string of the molecule is CCCC1O[C@@H]2C[C@H]3[C@@H]4CCC5=CC(=O)C=C[C@]5(C)[C@H]4[C@@H](O)C[C@]3(C)[C@]2(C(=O)COc2ccc(N)c(F)c2)O1. The van der Waals surface area contributed by atoms with Crippen molar-refractivity contribution in [3.05, 3.63) is 47.8 Å². The third kappa shape index (κ3) is 3.78. The van der Waals surface area contributed by atoms with Gasteiger partial charge in [-0.15, -0.1) is 0 Å². The van der Waals surface area contributed by atoms with E-state index in [1.54, 1.807) is 12.2 Å². The number of carbonyl (C=O) groups excluding carboxylic acids is 2. The van der Waals surface area contributed by atoms with Crippen LogP contribution in [0.1, 0.15) is 59.3 Å². The third-order valence-corrected chi connectivity index (χ3v) is 10.6. The lowest BCUT2D eigenvalue weighted by Crippen LogP contribution is -2.63. The van der Waals surface area contributed by atoms with Crippen molar-refractivity contribution in [2.75, 3.05) is 12.3 Å². The van der Waals surface area contributed by atoms with Crippen LogP contribution in [0.5, 0.6) is 5.75 Å². The molecule has 1 heterocycles. The van der Waals surface area contributed by atoms with E-state index >= 15 is 0 Å². The summed E-state index contributed by atoms with van der Waals surface area (Å²) >= 11 is 0. The number of nitrogens with two attached hydrogens (primary N) is 1. The Kier molecular flexibility index (Phi) is 6.32. The second kappa shape index (κ2) is 9.25. The van der Waals surface area contributed by atoms with Gasteiger partial charge in [0, 0.05) is 22.8 Å². The molecule has 0 bridgehead atoms. The van der Waals surface area contributed by atoms with Gasteiger partial charge in [0.05, 0.1) is 17.9 Å². The molecule has 1 aromatic rings. The van der Waals surface area contributed by atoms with E-state index in [9.17, 15) is 19.1 Å². The summed E-state index contributed by atoms with van der Waals surface area (Å²) in [6.07, 6.45) is 7.86. The van der Waals surface area contributed by atoms with Crippen molar-refractivity contribution in [1.29, 1.82) is 0 Å². The molecule has 0 radical (unpaired) electrons. The highest BCUT2D eigenvalue weighted by molar-refractivity contribution is 6.01. The Bertz CT molecular complexity index is 1260. The molecule has 0 spiro atoms. The van der Waals surface area contributed by atoms with Crippen molar-refractivity contribution >= 4 is 17.3 Å². The second-order valence-corrected chi connectivity index (χ2v) is 12.5. The van der Waals surface area contributed by atoms with Crippen LogP contribution >= 0.6 is 0 Å². The minimum absolute atomic E-state index is 0.000704. The van der Waals surface area contributed by atoms with Gasteiger partial charge in [0.25, 0.3) is 0 Å². The lowest BCUT2D eigenvalue weighted by molar-refractivity contribution is -0.200. The van der Waals surface area contributed by atoms with E-state index in [-0.39, 0.29) is 47.4 Å². The van der Waals surface area contributed by atoms with Gasteiger partial charge in [-0.3, -0.25) is 9.59 Å². The molecular formula is C31H38FNO6. The number of nitrogen functional groups attached to an aromatic ring is 1. The number of rotatable bonds is 6. The van der Waals surface area contributed by atoms with E-state index in [1.165, 1.54) is 18.2 Å². The molecule has 6 rings (SSSR count). The number of benzene rings is 1. The molecule has 1 unspecified atom stereocenters. The molecule has 0 aromatic heterocycles. The number of anilines is 1. The van der Waals surface area contributed by atoms with Gasteiger partial charge in [-0.1, -0.05) is 38.8 Å². The predicted octanol–water partition coefficient (Wildman–Crippen LogP) is 4.52. The number of Topliss-reactive ketones (excluding diaryl/α,β-unsaturated/α-hetero) is 1. The van der Waals surface area contributed by atoms with Crippen molar-refractivity contribution in [3.8, 4) is 5.75 Å². The first-order chi connectivity index (χ1) is 18.5. The zero-order valence-corrected chi connectivity index (χ0v) is 22.8. The first-order valence-electron chi connectivity index (χ1n) is 14.2. The molecule has 8 heteroatoms. The zero-order valence-electron chi connectivity index (χ0n) is 22.8. The van der Waals surface area contributed by atoms with Crippen molar-refractivity contribution in [1.82, 2.24) is 0 Å². The summed E-state index contributed by atoms with van der Waals surface area (Å²) in [5, 5.41) is 11.8. The molecule has 1 saturated heterocycles. The number of fused-ring (bicyclic) bond motifs is 7. The summed E-state index contributed by atoms with van der Waals surface area (Å²) in [6.45, 7) is 5.95. The van der Waals surface area contributed by atoms with Crippen molar-refractivity contribution < 1.29 is 33.3 Å². The second-order valence-electron chi connectivity index (χ2n) is 12.5. The van der Waals surface area contributed by atoms with Crippen LogP contribution in [0, 0.1) is 34.4 Å². The fourth-order valence-electron chi connectivity index (χ4n) is 8.86. The summed E-state index contributed by atoms with van der Waals surface area (Å²) in [4.78, 5) is 26.3. The molecule has 3 N–H and O–H groups in total. The van der Waals surface area contributed by atoms with E-state index in [2.05, 4.69) is 13.8 Å². The Morgan fingerprint density at radius 1 is 1.31 bits per heavy atom. The number of ether oxygens (including phenoxy) is 3. The summed E-state index contributed by atoms with van der Waals surface area (Å²) in [5.41, 5.74) is 4.33. The highest BCUT2D eigenvalue weighted by atomic mass is 19.1. The molecule has 39 heavy (non-hydrogen) atoms. The van der Waals surface area contributed by atoms with Crippen molar-refractivity contribution in [2.24, 2.45) is 28.6 Å². The molecule has 9 atom stereocenters. The van der Waals surface area contributed by atoms with Crippen LogP contribution in [0.3, 0.4) is 0 Å². The molecule has 210 valence electrons. The molecular weight excluding hydrogens is 501 g/mol. The van der Waals surface area contributed by atoms with Crippen molar-refractivity contribution in [2.45, 2.75) is 83.4 Å². The van der Waals surface area contributed by atoms with Crippen LogP contribution in [0.25, 0.3) is 0 Å². The first kappa shape index (κ1) is 26.7. The highest BCUT2D eigenvalue weighted by Gasteiger charge is 2.75. The summed E-state index contributed by atoms with van der Waals surface area (Å²) < 4.78 is 32.9. The molecule has 1 aromatic carbocycles. The van der Waals surface area contributed by atoms with Gasteiger partial charge < -0.3 is 25.1 Å². The maximum Gasteiger partial charge on any atom is 0.205 e. The molecule has 7 nitrogen and oxygen atoms in total. The van der Waals surface area contributed by atoms with Gasteiger partial charge in [-0.2, -0.15) is 0 Å². The van der Waals surface area contributed by atoms with Gasteiger partial charge in [0.2, 0.25) is 5.78 Å². The molecule has 4 fully saturated rings. The Morgan fingerprint density at radius 3 is 2.85 bits per heavy atom. The van der Waals surface area contributed by atoms with Crippen LogP contribution in [-0.2, 0) is 19.1 Å². The largest absolute Gasteiger partial charge is 0.486 e. The van der Waals surface area contributed by atoms with Gasteiger partial charge in [0.1, 0.15) is 18.2 Å². The van der Waals surface area contributed by atoms with E-state index in [1.807, 2.05) is 13.0 Å². The Hall–Kier alpha value is -2.55. The van der Waals surface area contributed by atoms with E-state index in [0.29, 0.717) is 19.3 Å². The van der Waals surface area contributed by atoms with E-state index in [0.717, 1.165) is 24.8 Å². The number of hydrogen-bond donors (Lipinski definition) is 2. The van der Waals surface area contributed by atoms with Crippen LogP contribution in [0.2, 0.25) is 0 Å². The quantitative estimate of drug-likeness (QED) is 0.512. The average Bonchev–Trinajstić information content (AvgIpc) is 3.37. The minimum Gasteiger partial charge on any atom is -0.486 e. The number of halogens is 1. The predicted molar refractivity (Wildman–Crippen MR) is 142 cm³/mol. The van der Waals surface area contributed by atoms with Crippen LogP contribution in [0.4, 0.5) is 10.1 Å². The fraction of sp³-hybridized carbons (Fsp3) is 0.613. The minimum atomic E-state index is -1.27. The third-order valence-electron chi connectivity index (χ3n) is 10.6. The van der Waals surface area contributed by atoms with E-state index in [4.69, 9.17) is 19.9 Å². The van der Waals surface area contributed by atoms with Crippen LogP contribution in [-0.4, -0.2) is 47.4 Å². The topological polar surface area (TPSA) is 108 Å². The normalized spacial score (nSPS) is 42.3. The molecule has 1 aliphatic heterocycles. The van der Waals surface area contributed by atoms with Crippen LogP contribution in [0.15, 0.2) is 42.0 Å². The summed E-state index contributed by atoms with van der Waals surface area (Å²) in [5.74, 6) is -0.476. The monoisotopic (exact) mass is 539 g/mol. The molecule has 5 aliphatic rings. The zero-order chi connectivity index (χ0) is 27.7. The Balaban J connectivity index is 1.34. The van der Waals surface area contributed by atoms with Crippen LogP contribution < -0.4 is 10.5 Å². The lowest BCUT2D eigenvalue weighted by atomic mass is 9.46. The standard InChI is InChI=1S/C31H38FNO6/c1-4-5-27-38-26-14-21-20-8-6-17-12-18(34)10-11-29(17,2)28(20)24(35)15-30(21,3)31(26,39-27)25(36)16-37-19-7-9-23(33)22(32)13-19/h7,9-13,20-21,24,26-28,35H,4-6,8,14-16,33H2,1-3H3/t20-,21-,24-,26+,27?,28+,29-,30-,31+/m0/s1. The number of allylic oxidation sites excluding steroid dienone is 4. The Labute approximate surface area is 228 Å². The van der Waals surface area contributed by atoms with Crippen molar-refractivity contribution in [3.63, 3.8) is 0 Å². The summed E-state index contributed by atoms with van der Waals surface area (Å²) in [7, 11) is 0. The molecule has 3 saturated carbocycles.